The molecule has 29 heavy (non-hydrogen) atoms. The number of benzene rings is 1. The van der Waals surface area contributed by atoms with E-state index >= 15 is 0 Å². The van der Waals surface area contributed by atoms with Crippen molar-refractivity contribution in [2.75, 3.05) is 0 Å². The van der Waals surface area contributed by atoms with Gasteiger partial charge in [0.25, 0.3) is 0 Å². The maximum absolute atomic E-state index is 12.0. The van der Waals surface area contributed by atoms with E-state index in [0.29, 0.717) is 28.9 Å². The predicted octanol–water partition coefficient (Wildman–Crippen LogP) is 5.33. The summed E-state index contributed by atoms with van der Waals surface area (Å²) in [6.45, 7) is 9.56. The van der Waals surface area contributed by atoms with E-state index in [1.807, 2.05) is 12.1 Å². The van der Waals surface area contributed by atoms with Crippen molar-refractivity contribution < 1.29 is 9.90 Å². The van der Waals surface area contributed by atoms with Crippen LogP contribution in [0.15, 0.2) is 30.4 Å². The van der Waals surface area contributed by atoms with Crippen LogP contribution in [0.1, 0.15) is 69.9 Å². The van der Waals surface area contributed by atoms with E-state index < -0.39 is 0 Å². The number of phenols is 1. The van der Waals surface area contributed by atoms with Gasteiger partial charge < -0.3 is 10.4 Å². The Balaban J connectivity index is 1.51. The van der Waals surface area contributed by atoms with Crippen LogP contribution in [-0.4, -0.2) is 17.1 Å². The Hall–Kier alpha value is -1.77. The third-order valence-electron chi connectivity index (χ3n) is 9.70. The van der Waals surface area contributed by atoms with Gasteiger partial charge in [0.1, 0.15) is 5.75 Å². The molecule has 1 aromatic carbocycles. The standard InChI is InChI=1S/C26H35NO2/c1-15-5-6-17(28)14-18(15)19-7-8-20-24-16(2)13-22-26(4,12-10-23(29)27-22)21(24)9-11-25(19,20)3/h5-6,10,12,14,16,19-22,24,28H,7-9,11,13H2,1-4H3,(H,27,29)/t16?,19?,20-,21+,22?,24-,25+,26+/m0/s1. The second-order valence-electron chi connectivity index (χ2n) is 11.0. The highest BCUT2D eigenvalue weighted by atomic mass is 16.3. The van der Waals surface area contributed by atoms with Crippen LogP contribution in [0.3, 0.4) is 0 Å². The highest BCUT2D eigenvalue weighted by molar-refractivity contribution is 5.89. The summed E-state index contributed by atoms with van der Waals surface area (Å²) in [5, 5.41) is 13.4. The second kappa shape index (κ2) is 6.36. The monoisotopic (exact) mass is 393 g/mol. The lowest BCUT2D eigenvalue weighted by atomic mass is 9.45. The van der Waals surface area contributed by atoms with Gasteiger partial charge in [0, 0.05) is 11.5 Å². The number of phenolic OH excluding ortho intramolecular Hbond substituents is 1. The van der Waals surface area contributed by atoms with Gasteiger partial charge in [0.05, 0.1) is 0 Å². The number of nitrogens with one attached hydrogen (secondary N) is 1. The van der Waals surface area contributed by atoms with Crippen LogP contribution < -0.4 is 5.32 Å². The van der Waals surface area contributed by atoms with Crippen LogP contribution in [0, 0.1) is 41.4 Å². The average molecular weight is 394 g/mol. The van der Waals surface area contributed by atoms with Gasteiger partial charge in [0.2, 0.25) is 5.91 Å². The van der Waals surface area contributed by atoms with Gasteiger partial charge in [-0.15, -0.1) is 0 Å². The van der Waals surface area contributed by atoms with Crippen LogP contribution in [-0.2, 0) is 4.79 Å². The third kappa shape index (κ3) is 2.65. The van der Waals surface area contributed by atoms with Crippen molar-refractivity contribution in [3.05, 3.63) is 41.5 Å². The quantitative estimate of drug-likeness (QED) is 0.678. The Morgan fingerprint density at radius 1 is 1.14 bits per heavy atom. The smallest absolute Gasteiger partial charge is 0.243 e. The average Bonchev–Trinajstić information content (AvgIpc) is 3.02. The molecule has 4 aliphatic rings. The van der Waals surface area contributed by atoms with Crippen molar-refractivity contribution in [1.29, 1.82) is 0 Å². The van der Waals surface area contributed by atoms with E-state index in [2.05, 4.69) is 45.2 Å². The Morgan fingerprint density at radius 3 is 2.72 bits per heavy atom. The molecule has 3 aliphatic carbocycles. The van der Waals surface area contributed by atoms with Gasteiger partial charge in [-0.3, -0.25) is 4.79 Å². The summed E-state index contributed by atoms with van der Waals surface area (Å²) in [4.78, 5) is 12.0. The van der Waals surface area contributed by atoms with E-state index in [-0.39, 0.29) is 17.4 Å². The second-order valence-corrected chi connectivity index (χ2v) is 11.0. The lowest BCUT2D eigenvalue weighted by molar-refractivity contribution is -0.125. The summed E-state index contributed by atoms with van der Waals surface area (Å²) in [5.74, 6) is 3.76. The first kappa shape index (κ1) is 19.2. The van der Waals surface area contributed by atoms with Crippen molar-refractivity contribution in [2.24, 2.45) is 34.5 Å². The number of carbonyl (C=O) groups is 1. The van der Waals surface area contributed by atoms with Crippen LogP contribution in [0.2, 0.25) is 0 Å². The first-order chi connectivity index (χ1) is 13.7. The van der Waals surface area contributed by atoms with Crippen LogP contribution in [0.25, 0.3) is 0 Å². The molecule has 1 amide bonds. The summed E-state index contributed by atoms with van der Waals surface area (Å²) in [6, 6.07) is 6.21. The van der Waals surface area contributed by atoms with Crippen molar-refractivity contribution in [3.8, 4) is 5.75 Å². The summed E-state index contributed by atoms with van der Waals surface area (Å²) < 4.78 is 0. The van der Waals surface area contributed by atoms with E-state index in [4.69, 9.17) is 0 Å². The number of rotatable bonds is 1. The number of carbonyl (C=O) groups excluding carboxylic acids is 1. The number of amides is 1. The molecule has 8 atom stereocenters. The molecule has 0 spiro atoms. The molecular formula is C26H35NO2. The molecule has 0 saturated heterocycles. The fourth-order valence-corrected chi connectivity index (χ4v) is 8.20. The zero-order valence-electron chi connectivity index (χ0n) is 18.2. The van der Waals surface area contributed by atoms with Crippen LogP contribution >= 0.6 is 0 Å². The minimum Gasteiger partial charge on any atom is -0.508 e. The molecule has 156 valence electrons. The number of hydrogen-bond acceptors (Lipinski definition) is 2. The molecule has 1 aliphatic heterocycles. The van der Waals surface area contributed by atoms with Crippen molar-refractivity contribution >= 4 is 5.91 Å². The number of fused-ring (bicyclic) bond motifs is 5. The molecule has 5 rings (SSSR count). The Kier molecular flexibility index (Phi) is 4.21. The minimum absolute atomic E-state index is 0.0825. The molecular weight excluding hydrogens is 358 g/mol. The topological polar surface area (TPSA) is 49.3 Å². The number of aromatic hydroxyl groups is 1. The lowest BCUT2D eigenvalue weighted by Gasteiger charge is -2.61. The summed E-state index contributed by atoms with van der Waals surface area (Å²) in [7, 11) is 0. The van der Waals surface area contributed by atoms with Gasteiger partial charge in [0.15, 0.2) is 0 Å². The largest absolute Gasteiger partial charge is 0.508 e. The third-order valence-corrected chi connectivity index (χ3v) is 9.70. The first-order valence-electron chi connectivity index (χ1n) is 11.5. The fourth-order valence-electron chi connectivity index (χ4n) is 8.20. The zero-order valence-corrected chi connectivity index (χ0v) is 18.2. The molecule has 0 aromatic heterocycles. The summed E-state index contributed by atoms with van der Waals surface area (Å²) >= 11 is 0. The predicted molar refractivity (Wildman–Crippen MR) is 116 cm³/mol. The van der Waals surface area contributed by atoms with E-state index in [0.717, 1.165) is 18.3 Å². The number of aryl methyl sites for hydroxylation is 1. The van der Waals surface area contributed by atoms with E-state index in [1.165, 1.54) is 36.8 Å². The first-order valence-corrected chi connectivity index (χ1v) is 11.5. The molecule has 0 bridgehead atoms. The summed E-state index contributed by atoms with van der Waals surface area (Å²) in [5.41, 5.74) is 3.08. The molecule has 3 heteroatoms. The lowest BCUT2D eigenvalue weighted by Crippen LogP contribution is -2.61. The highest BCUT2D eigenvalue weighted by Crippen LogP contribution is 2.68. The normalized spacial score (nSPS) is 45.9. The summed E-state index contributed by atoms with van der Waals surface area (Å²) in [6.07, 6.45) is 10.1. The van der Waals surface area contributed by atoms with Gasteiger partial charge >= 0.3 is 0 Å². The maximum atomic E-state index is 12.0. The highest BCUT2D eigenvalue weighted by Gasteiger charge is 2.61. The van der Waals surface area contributed by atoms with Crippen molar-refractivity contribution in [3.63, 3.8) is 0 Å². The van der Waals surface area contributed by atoms with Gasteiger partial charge in [-0.2, -0.15) is 0 Å². The fraction of sp³-hybridized carbons (Fsp3) is 0.654. The molecule has 3 unspecified atom stereocenters. The molecule has 3 nitrogen and oxygen atoms in total. The molecule has 1 aromatic rings. The minimum atomic E-state index is 0.0825. The van der Waals surface area contributed by atoms with Gasteiger partial charge in [-0.1, -0.05) is 32.9 Å². The maximum Gasteiger partial charge on any atom is 0.243 e. The van der Waals surface area contributed by atoms with E-state index in [1.54, 1.807) is 6.08 Å². The molecule has 3 saturated carbocycles. The van der Waals surface area contributed by atoms with E-state index in [9.17, 15) is 9.90 Å². The molecule has 3 fully saturated rings. The van der Waals surface area contributed by atoms with Crippen molar-refractivity contribution in [2.45, 2.75) is 71.8 Å². The van der Waals surface area contributed by atoms with Crippen LogP contribution in [0.4, 0.5) is 0 Å². The molecule has 0 radical (unpaired) electrons. The van der Waals surface area contributed by atoms with Crippen molar-refractivity contribution in [1.82, 2.24) is 5.32 Å². The Bertz CT molecular complexity index is 875. The zero-order chi connectivity index (χ0) is 20.6. The van der Waals surface area contributed by atoms with Crippen LogP contribution in [0.5, 0.6) is 5.75 Å². The number of hydrogen-bond donors (Lipinski definition) is 2. The Labute approximate surface area is 175 Å². The SMILES string of the molecule is Cc1ccc(O)cc1C1CC[C@H]2[C@@H]3C(C)CC4NC(=O)C=C[C@]4(C)[C@@H]3CC[C@]12C. The molecule has 1 heterocycles. The molecule has 2 N–H and O–H groups in total. The van der Waals surface area contributed by atoms with Gasteiger partial charge in [-0.25, -0.2) is 0 Å². The Morgan fingerprint density at radius 2 is 1.93 bits per heavy atom. The van der Waals surface area contributed by atoms with Gasteiger partial charge in [-0.05, 0) is 103 Å².